The van der Waals surface area contributed by atoms with Gasteiger partial charge < -0.3 is 0 Å². The van der Waals surface area contributed by atoms with E-state index in [-0.39, 0.29) is 11.3 Å². The predicted molar refractivity (Wildman–Crippen MR) is 67.9 cm³/mol. The molecule has 0 saturated heterocycles. The SMILES string of the molecule is CCCCC(C)S(=O)(=O)NC1CCCCC1. The van der Waals surface area contributed by atoms with Crippen LogP contribution < -0.4 is 4.72 Å². The van der Waals surface area contributed by atoms with Crippen molar-refractivity contribution in [2.75, 3.05) is 0 Å². The first-order valence-electron chi connectivity index (χ1n) is 6.57. The fourth-order valence-corrected chi connectivity index (χ4v) is 3.63. The highest BCUT2D eigenvalue weighted by Crippen LogP contribution is 2.19. The van der Waals surface area contributed by atoms with Crippen molar-refractivity contribution in [2.45, 2.75) is 76.5 Å². The average molecular weight is 247 g/mol. The maximum absolute atomic E-state index is 12.0. The zero-order valence-corrected chi connectivity index (χ0v) is 11.4. The number of unbranched alkanes of at least 4 members (excludes halogenated alkanes) is 1. The summed E-state index contributed by atoms with van der Waals surface area (Å²) in [5.74, 6) is 0. The molecule has 1 N–H and O–H groups in total. The Morgan fingerprint density at radius 3 is 2.44 bits per heavy atom. The van der Waals surface area contributed by atoms with Crippen molar-refractivity contribution < 1.29 is 8.42 Å². The molecule has 1 fully saturated rings. The second kappa shape index (κ2) is 6.60. The molecule has 0 bridgehead atoms. The van der Waals surface area contributed by atoms with Gasteiger partial charge in [-0.15, -0.1) is 0 Å². The molecule has 0 heterocycles. The van der Waals surface area contributed by atoms with Crippen molar-refractivity contribution in [1.82, 2.24) is 4.72 Å². The first-order valence-corrected chi connectivity index (χ1v) is 8.12. The van der Waals surface area contributed by atoms with E-state index in [1.165, 1.54) is 6.42 Å². The fourth-order valence-electron chi connectivity index (χ4n) is 2.22. The highest BCUT2D eigenvalue weighted by atomic mass is 32.2. The molecule has 3 nitrogen and oxygen atoms in total. The molecular weight excluding hydrogens is 222 g/mol. The van der Waals surface area contributed by atoms with Crippen LogP contribution in [0.2, 0.25) is 0 Å². The number of hydrogen-bond acceptors (Lipinski definition) is 2. The summed E-state index contributed by atoms with van der Waals surface area (Å²) in [4.78, 5) is 0. The molecule has 1 aliphatic carbocycles. The summed E-state index contributed by atoms with van der Waals surface area (Å²) < 4.78 is 26.9. The topological polar surface area (TPSA) is 46.2 Å². The Bertz CT molecular complexity index is 281. The zero-order chi connectivity index (χ0) is 12.0. The zero-order valence-electron chi connectivity index (χ0n) is 10.5. The number of rotatable bonds is 6. The molecule has 0 aromatic carbocycles. The Kier molecular flexibility index (Phi) is 5.76. The van der Waals surface area contributed by atoms with Gasteiger partial charge in [-0.3, -0.25) is 0 Å². The Morgan fingerprint density at radius 2 is 1.88 bits per heavy atom. The van der Waals surface area contributed by atoms with Crippen LogP contribution in [0.15, 0.2) is 0 Å². The molecule has 96 valence electrons. The first-order chi connectivity index (χ1) is 7.56. The van der Waals surface area contributed by atoms with E-state index in [4.69, 9.17) is 0 Å². The maximum atomic E-state index is 12.0. The molecule has 16 heavy (non-hydrogen) atoms. The van der Waals surface area contributed by atoms with Gasteiger partial charge >= 0.3 is 0 Å². The van der Waals surface area contributed by atoms with Gasteiger partial charge in [-0.1, -0.05) is 39.0 Å². The second-order valence-corrected chi connectivity index (χ2v) is 7.08. The maximum Gasteiger partial charge on any atom is 0.214 e. The minimum absolute atomic E-state index is 0.197. The monoisotopic (exact) mass is 247 g/mol. The standard InChI is InChI=1S/C12H25NO2S/c1-3-4-8-11(2)16(14,15)13-12-9-6-5-7-10-12/h11-13H,3-10H2,1-2H3. The van der Waals surface area contributed by atoms with Gasteiger partial charge in [0.1, 0.15) is 0 Å². The van der Waals surface area contributed by atoms with Crippen LogP contribution in [0.4, 0.5) is 0 Å². The summed E-state index contributed by atoms with van der Waals surface area (Å²) >= 11 is 0. The Balaban J connectivity index is 2.42. The molecule has 1 atom stereocenters. The van der Waals surface area contributed by atoms with E-state index in [0.29, 0.717) is 0 Å². The lowest BCUT2D eigenvalue weighted by molar-refractivity contribution is 0.409. The van der Waals surface area contributed by atoms with Gasteiger partial charge in [0.2, 0.25) is 10.0 Å². The quantitative estimate of drug-likeness (QED) is 0.784. The average Bonchev–Trinajstić information content (AvgIpc) is 2.26. The summed E-state index contributed by atoms with van der Waals surface area (Å²) in [7, 11) is -3.08. The van der Waals surface area contributed by atoms with Gasteiger partial charge in [0.25, 0.3) is 0 Å². The largest absolute Gasteiger partial charge is 0.214 e. The van der Waals surface area contributed by atoms with Crippen molar-refractivity contribution in [3.63, 3.8) is 0 Å². The van der Waals surface area contributed by atoms with E-state index in [9.17, 15) is 8.42 Å². The van der Waals surface area contributed by atoms with Crippen molar-refractivity contribution in [2.24, 2.45) is 0 Å². The van der Waals surface area contributed by atoms with Crippen LogP contribution in [0.3, 0.4) is 0 Å². The minimum Gasteiger partial charge on any atom is -0.212 e. The van der Waals surface area contributed by atoms with E-state index in [0.717, 1.165) is 44.9 Å². The van der Waals surface area contributed by atoms with Crippen LogP contribution in [0, 0.1) is 0 Å². The van der Waals surface area contributed by atoms with Gasteiger partial charge in [0.05, 0.1) is 5.25 Å². The lowest BCUT2D eigenvalue weighted by atomic mass is 9.96. The van der Waals surface area contributed by atoms with Crippen molar-refractivity contribution in [3.05, 3.63) is 0 Å². The van der Waals surface area contributed by atoms with Gasteiger partial charge in [0, 0.05) is 6.04 Å². The molecule has 1 unspecified atom stereocenters. The molecular formula is C12H25NO2S. The van der Waals surface area contributed by atoms with Crippen LogP contribution in [-0.4, -0.2) is 19.7 Å². The summed E-state index contributed by atoms with van der Waals surface area (Å²) in [6, 6.07) is 0.197. The van der Waals surface area contributed by atoms with E-state index in [2.05, 4.69) is 11.6 Å². The third kappa shape index (κ3) is 4.42. The van der Waals surface area contributed by atoms with Gasteiger partial charge in [-0.2, -0.15) is 0 Å². The lowest BCUT2D eigenvalue weighted by Crippen LogP contribution is -2.40. The number of hydrogen-bond donors (Lipinski definition) is 1. The summed E-state index contributed by atoms with van der Waals surface area (Å²) in [6.45, 7) is 3.91. The predicted octanol–water partition coefficient (Wildman–Crippen LogP) is 2.82. The molecule has 0 aliphatic heterocycles. The van der Waals surface area contributed by atoms with Crippen LogP contribution in [0.5, 0.6) is 0 Å². The first kappa shape index (κ1) is 14.0. The van der Waals surface area contributed by atoms with Crippen LogP contribution in [0.1, 0.15) is 65.2 Å². The smallest absolute Gasteiger partial charge is 0.212 e. The van der Waals surface area contributed by atoms with E-state index >= 15 is 0 Å². The Morgan fingerprint density at radius 1 is 1.25 bits per heavy atom. The molecule has 0 spiro atoms. The van der Waals surface area contributed by atoms with E-state index < -0.39 is 10.0 Å². The fraction of sp³-hybridized carbons (Fsp3) is 1.00. The highest BCUT2D eigenvalue weighted by molar-refractivity contribution is 7.90. The van der Waals surface area contributed by atoms with E-state index in [1.54, 1.807) is 0 Å². The lowest BCUT2D eigenvalue weighted by Gasteiger charge is -2.24. The van der Waals surface area contributed by atoms with Crippen molar-refractivity contribution in [3.8, 4) is 0 Å². The summed E-state index contributed by atoms with van der Waals surface area (Å²) in [5.41, 5.74) is 0. The van der Waals surface area contributed by atoms with Crippen LogP contribution in [-0.2, 0) is 10.0 Å². The van der Waals surface area contributed by atoms with Crippen molar-refractivity contribution >= 4 is 10.0 Å². The molecule has 1 aliphatic rings. The van der Waals surface area contributed by atoms with Gasteiger partial charge in [-0.05, 0) is 26.2 Å². The molecule has 1 saturated carbocycles. The number of nitrogens with one attached hydrogen (secondary N) is 1. The third-order valence-corrected chi connectivity index (χ3v) is 5.39. The molecule has 0 radical (unpaired) electrons. The molecule has 0 aromatic heterocycles. The minimum atomic E-state index is -3.08. The highest BCUT2D eigenvalue weighted by Gasteiger charge is 2.24. The summed E-state index contributed by atoms with van der Waals surface area (Å²) in [5, 5.41) is -0.241. The van der Waals surface area contributed by atoms with E-state index in [1.807, 2.05) is 6.92 Å². The number of sulfonamides is 1. The van der Waals surface area contributed by atoms with Crippen molar-refractivity contribution in [1.29, 1.82) is 0 Å². The summed E-state index contributed by atoms with van der Waals surface area (Å²) in [6.07, 6.45) is 8.44. The van der Waals surface area contributed by atoms with Gasteiger partial charge in [0.15, 0.2) is 0 Å². The Labute approximate surface area is 100 Å². The molecule has 0 amide bonds. The van der Waals surface area contributed by atoms with Crippen LogP contribution >= 0.6 is 0 Å². The molecule has 1 rings (SSSR count). The second-order valence-electron chi connectivity index (χ2n) is 4.95. The van der Waals surface area contributed by atoms with Gasteiger partial charge in [-0.25, -0.2) is 13.1 Å². The Hall–Kier alpha value is -0.0900. The molecule has 4 heteroatoms. The third-order valence-electron chi connectivity index (χ3n) is 3.43. The van der Waals surface area contributed by atoms with Crippen LogP contribution in [0.25, 0.3) is 0 Å². The normalized spacial score (nSPS) is 20.9. The molecule has 0 aromatic rings.